The molecule has 116 valence electrons. The quantitative estimate of drug-likeness (QED) is 0.901. The molecule has 1 N–H and O–H groups in total. The molecule has 1 aromatic carbocycles. The Morgan fingerprint density at radius 3 is 2.86 bits per heavy atom. The summed E-state index contributed by atoms with van der Waals surface area (Å²) in [5.74, 6) is 1.89. The van der Waals surface area contributed by atoms with Gasteiger partial charge in [-0.15, -0.1) is 0 Å². The van der Waals surface area contributed by atoms with E-state index in [0.29, 0.717) is 11.3 Å². The van der Waals surface area contributed by atoms with Crippen molar-refractivity contribution >= 4 is 11.8 Å². The van der Waals surface area contributed by atoms with E-state index < -0.39 is 0 Å². The van der Waals surface area contributed by atoms with E-state index in [1.807, 2.05) is 0 Å². The van der Waals surface area contributed by atoms with Crippen molar-refractivity contribution < 1.29 is 4.74 Å². The van der Waals surface area contributed by atoms with Gasteiger partial charge in [-0.05, 0) is 55.5 Å². The summed E-state index contributed by atoms with van der Waals surface area (Å²) < 4.78 is 5.40. The van der Waals surface area contributed by atoms with Crippen LogP contribution in [0.2, 0.25) is 0 Å². The summed E-state index contributed by atoms with van der Waals surface area (Å²) in [6.45, 7) is 2.41. The molecule has 2 aliphatic rings. The van der Waals surface area contributed by atoms with Gasteiger partial charge in [-0.3, -0.25) is 0 Å². The summed E-state index contributed by atoms with van der Waals surface area (Å²) in [6, 6.07) is 7.04. The Balaban J connectivity index is 1.72. The average Bonchev–Trinajstić information content (AvgIpc) is 2.83. The largest absolute Gasteiger partial charge is 0.497 e. The van der Waals surface area contributed by atoms with E-state index in [1.165, 1.54) is 43.2 Å². The summed E-state index contributed by atoms with van der Waals surface area (Å²) in [5, 5.41) is 5.07. The van der Waals surface area contributed by atoms with Crippen LogP contribution in [0.15, 0.2) is 18.2 Å². The van der Waals surface area contributed by atoms with E-state index in [4.69, 9.17) is 4.74 Å². The Hall–Kier alpha value is -0.670. The lowest BCUT2D eigenvalue weighted by Crippen LogP contribution is -2.27. The van der Waals surface area contributed by atoms with Crippen molar-refractivity contribution in [1.82, 2.24) is 5.32 Å². The SMILES string of the molecule is CNC1c2cc(OC)ccc2CC1SC1CCCC(C)C1. The van der Waals surface area contributed by atoms with Gasteiger partial charge >= 0.3 is 0 Å². The lowest BCUT2D eigenvalue weighted by Gasteiger charge is -2.30. The molecule has 4 unspecified atom stereocenters. The lowest BCUT2D eigenvalue weighted by molar-refractivity contribution is 0.393. The second kappa shape index (κ2) is 6.62. The second-order valence-electron chi connectivity index (χ2n) is 6.60. The second-order valence-corrected chi connectivity index (χ2v) is 8.15. The van der Waals surface area contributed by atoms with Gasteiger partial charge in [-0.2, -0.15) is 11.8 Å². The monoisotopic (exact) mass is 305 g/mol. The van der Waals surface area contributed by atoms with Gasteiger partial charge in [-0.1, -0.05) is 25.8 Å². The molecule has 4 atom stereocenters. The minimum atomic E-state index is 0.470. The topological polar surface area (TPSA) is 21.3 Å². The highest BCUT2D eigenvalue weighted by Gasteiger charge is 2.34. The van der Waals surface area contributed by atoms with Crippen LogP contribution >= 0.6 is 11.8 Å². The Labute approximate surface area is 133 Å². The maximum Gasteiger partial charge on any atom is 0.119 e. The first-order valence-corrected chi connectivity index (χ1v) is 9.15. The molecule has 1 aromatic rings. The minimum absolute atomic E-state index is 0.470. The summed E-state index contributed by atoms with van der Waals surface area (Å²) in [7, 11) is 3.84. The Morgan fingerprint density at radius 2 is 2.14 bits per heavy atom. The molecule has 3 heteroatoms. The molecule has 0 aromatic heterocycles. The van der Waals surface area contributed by atoms with Crippen molar-refractivity contribution in [3.8, 4) is 5.75 Å². The highest BCUT2D eigenvalue weighted by Crippen LogP contribution is 2.44. The minimum Gasteiger partial charge on any atom is -0.497 e. The molecule has 1 fully saturated rings. The van der Waals surface area contributed by atoms with Gasteiger partial charge < -0.3 is 10.1 Å². The molecule has 2 nitrogen and oxygen atoms in total. The first kappa shape index (κ1) is 15.2. The van der Waals surface area contributed by atoms with Gasteiger partial charge in [0, 0.05) is 16.5 Å². The molecular weight excluding hydrogens is 278 g/mol. The maximum absolute atomic E-state index is 5.40. The van der Waals surface area contributed by atoms with E-state index in [0.717, 1.165) is 16.9 Å². The Morgan fingerprint density at radius 1 is 1.29 bits per heavy atom. The van der Waals surface area contributed by atoms with Crippen molar-refractivity contribution in [2.24, 2.45) is 5.92 Å². The molecule has 21 heavy (non-hydrogen) atoms. The predicted molar refractivity (Wildman–Crippen MR) is 91.3 cm³/mol. The van der Waals surface area contributed by atoms with Gasteiger partial charge in [0.25, 0.3) is 0 Å². The van der Waals surface area contributed by atoms with Crippen LogP contribution in [0.25, 0.3) is 0 Å². The zero-order valence-electron chi connectivity index (χ0n) is 13.4. The zero-order chi connectivity index (χ0) is 14.8. The van der Waals surface area contributed by atoms with E-state index in [2.05, 4.69) is 49.2 Å². The van der Waals surface area contributed by atoms with Crippen LogP contribution < -0.4 is 10.1 Å². The normalized spacial score (nSPS) is 32.0. The number of fused-ring (bicyclic) bond motifs is 1. The fourth-order valence-corrected chi connectivity index (χ4v) is 5.88. The third-order valence-electron chi connectivity index (χ3n) is 5.05. The Bertz CT molecular complexity index is 490. The summed E-state index contributed by atoms with van der Waals surface area (Å²) in [6.07, 6.45) is 6.84. The number of ether oxygens (including phenoxy) is 1. The van der Waals surface area contributed by atoms with Crippen LogP contribution in [0, 0.1) is 5.92 Å². The number of methoxy groups -OCH3 is 1. The van der Waals surface area contributed by atoms with Crippen LogP contribution in [0.1, 0.15) is 49.8 Å². The number of rotatable bonds is 4. The molecule has 0 amide bonds. The molecule has 0 radical (unpaired) electrons. The third kappa shape index (κ3) is 3.24. The smallest absolute Gasteiger partial charge is 0.119 e. The van der Waals surface area contributed by atoms with Crippen LogP contribution in [-0.4, -0.2) is 24.7 Å². The van der Waals surface area contributed by atoms with E-state index in [-0.39, 0.29) is 0 Å². The van der Waals surface area contributed by atoms with Gasteiger partial charge in [0.15, 0.2) is 0 Å². The van der Waals surface area contributed by atoms with Gasteiger partial charge in [0.05, 0.1) is 7.11 Å². The average molecular weight is 305 g/mol. The van der Waals surface area contributed by atoms with Crippen molar-refractivity contribution in [3.63, 3.8) is 0 Å². The molecule has 0 aliphatic heterocycles. The molecule has 3 rings (SSSR count). The Kier molecular flexibility index (Phi) is 4.80. The van der Waals surface area contributed by atoms with Gasteiger partial charge in [0.1, 0.15) is 5.75 Å². The van der Waals surface area contributed by atoms with Gasteiger partial charge in [-0.25, -0.2) is 0 Å². The van der Waals surface area contributed by atoms with Gasteiger partial charge in [0.2, 0.25) is 0 Å². The molecule has 0 bridgehead atoms. The molecular formula is C18H27NOS. The number of nitrogens with one attached hydrogen (secondary N) is 1. The fraction of sp³-hybridized carbons (Fsp3) is 0.667. The summed E-state index contributed by atoms with van der Waals surface area (Å²) in [4.78, 5) is 0. The molecule has 2 aliphatic carbocycles. The molecule has 0 spiro atoms. The molecule has 0 heterocycles. The van der Waals surface area contributed by atoms with Crippen molar-refractivity contribution in [1.29, 1.82) is 0 Å². The first-order chi connectivity index (χ1) is 10.2. The number of hydrogen-bond donors (Lipinski definition) is 1. The highest BCUT2D eigenvalue weighted by atomic mass is 32.2. The van der Waals surface area contributed by atoms with Crippen LogP contribution in [0.5, 0.6) is 5.75 Å². The van der Waals surface area contributed by atoms with E-state index >= 15 is 0 Å². The predicted octanol–water partition coefficient (Wildman–Crippen LogP) is 4.19. The zero-order valence-corrected chi connectivity index (χ0v) is 14.2. The first-order valence-electron chi connectivity index (χ1n) is 8.20. The third-order valence-corrected chi connectivity index (χ3v) is 6.65. The maximum atomic E-state index is 5.40. The van der Waals surface area contributed by atoms with E-state index in [1.54, 1.807) is 7.11 Å². The molecule has 0 saturated heterocycles. The van der Waals surface area contributed by atoms with Crippen LogP contribution in [0.3, 0.4) is 0 Å². The van der Waals surface area contributed by atoms with Crippen molar-refractivity contribution in [2.75, 3.05) is 14.2 Å². The highest BCUT2D eigenvalue weighted by molar-refractivity contribution is 8.00. The van der Waals surface area contributed by atoms with Crippen LogP contribution in [-0.2, 0) is 6.42 Å². The number of benzene rings is 1. The van der Waals surface area contributed by atoms with Crippen LogP contribution in [0.4, 0.5) is 0 Å². The van der Waals surface area contributed by atoms with Crippen molar-refractivity contribution in [3.05, 3.63) is 29.3 Å². The lowest BCUT2D eigenvalue weighted by atomic mass is 9.91. The summed E-state index contributed by atoms with van der Waals surface area (Å²) in [5.41, 5.74) is 2.94. The summed E-state index contributed by atoms with van der Waals surface area (Å²) >= 11 is 2.23. The van der Waals surface area contributed by atoms with E-state index in [9.17, 15) is 0 Å². The molecule has 1 saturated carbocycles. The number of thioether (sulfide) groups is 1. The van der Waals surface area contributed by atoms with Crippen molar-refractivity contribution in [2.45, 2.75) is 55.6 Å². The fourth-order valence-electron chi connectivity index (χ4n) is 3.93. The number of hydrogen-bond acceptors (Lipinski definition) is 3. The standard InChI is InChI=1S/C18H27NOS/c1-12-5-4-6-15(9-12)21-17-10-13-7-8-14(20-3)11-16(13)18(17)19-2/h7-8,11-12,15,17-19H,4-6,9-10H2,1-3H3.